The second-order valence-electron chi connectivity index (χ2n) is 6.04. The Morgan fingerprint density at radius 1 is 1.19 bits per heavy atom. The van der Waals surface area contributed by atoms with Gasteiger partial charge in [0, 0.05) is 5.56 Å². The molecule has 3 aromatic rings. The summed E-state index contributed by atoms with van der Waals surface area (Å²) in [6.07, 6.45) is 0. The number of benzene rings is 2. The van der Waals surface area contributed by atoms with E-state index in [1.165, 1.54) is 19.1 Å². The Balaban J connectivity index is 1.88. The van der Waals surface area contributed by atoms with Gasteiger partial charge in [-0.15, -0.1) is 0 Å². The van der Waals surface area contributed by atoms with Crippen molar-refractivity contribution in [2.75, 3.05) is 5.75 Å². The average molecular weight is 415 g/mol. The number of aliphatic hydroxyl groups is 1. The smallest absolute Gasteiger partial charge is 0.259 e. The predicted molar refractivity (Wildman–Crippen MR) is 92.7 cm³/mol. The van der Waals surface area contributed by atoms with Gasteiger partial charge in [-0.05, 0) is 49.4 Å². The quantitative estimate of drug-likeness (QED) is 0.643. The first-order valence-corrected chi connectivity index (χ1v) is 9.62. The van der Waals surface area contributed by atoms with Crippen molar-refractivity contribution in [2.45, 2.75) is 17.4 Å². The SMILES string of the molecule is CC(O)(CS(=O)(=O)c1ccc(F)cc1)c1nc(-c2ccc(F)c(Cl)c2)no1. The minimum absolute atomic E-state index is 0.00588. The van der Waals surface area contributed by atoms with Crippen LogP contribution in [0.5, 0.6) is 0 Å². The predicted octanol–water partition coefficient (Wildman–Crippen LogP) is 3.35. The van der Waals surface area contributed by atoms with Crippen LogP contribution in [0.15, 0.2) is 51.9 Å². The van der Waals surface area contributed by atoms with Crippen LogP contribution < -0.4 is 0 Å². The second-order valence-corrected chi connectivity index (χ2v) is 8.44. The molecular weight excluding hydrogens is 402 g/mol. The third-order valence-electron chi connectivity index (χ3n) is 3.71. The lowest BCUT2D eigenvalue weighted by molar-refractivity contribution is 0.0452. The molecule has 1 N–H and O–H groups in total. The Labute approximate surface area is 158 Å². The van der Waals surface area contributed by atoms with E-state index >= 15 is 0 Å². The molecule has 0 saturated carbocycles. The number of hydrogen-bond donors (Lipinski definition) is 1. The van der Waals surface area contributed by atoms with Gasteiger partial charge < -0.3 is 9.63 Å². The first-order chi connectivity index (χ1) is 12.6. The highest BCUT2D eigenvalue weighted by molar-refractivity contribution is 7.91. The summed E-state index contributed by atoms with van der Waals surface area (Å²) in [6.45, 7) is 1.20. The molecule has 0 bridgehead atoms. The van der Waals surface area contributed by atoms with Gasteiger partial charge in [-0.1, -0.05) is 16.8 Å². The molecule has 1 heterocycles. The summed E-state index contributed by atoms with van der Waals surface area (Å²) in [6, 6.07) is 7.95. The highest BCUT2D eigenvalue weighted by atomic mass is 35.5. The Hall–Kier alpha value is -2.36. The van der Waals surface area contributed by atoms with Crippen LogP contribution in [0.2, 0.25) is 5.02 Å². The van der Waals surface area contributed by atoms with Gasteiger partial charge in [-0.25, -0.2) is 17.2 Å². The Bertz CT molecular complexity index is 1080. The molecular formula is C17H13ClF2N2O4S. The van der Waals surface area contributed by atoms with Crippen LogP contribution >= 0.6 is 11.6 Å². The maximum atomic E-state index is 13.3. The highest BCUT2D eigenvalue weighted by Gasteiger charge is 2.36. The maximum Gasteiger partial charge on any atom is 0.259 e. The minimum atomic E-state index is -3.97. The van der Waals surface area contributed by atoms with Crippen molar-refractivity contribution in [3.8, 4) is 11.4 Å². The molecule has 0 spiro atoms. The molecule has 6 nitrogen and oxygen atoms in total. The van der Waals surface area contributed by atoms with Crippen LogP contribution in [-0.2, 0) is 15.4 Å². The summed E-state index contributed by atoms with van der Waals surface area (Å²) in [7, 11) is -3.97. The van der Waals surface area contributed by atoms with E-state index < -0.39 is 32.8 Å². The van der Waals surface area contributed by atoms with Crippen molar-refractivity contribution in [1.29, 1.82) is 0 Å². The van der Waals surface area contributed by atoms with Crippen molar-refractivity contribution in [3.63, 3.8) is 0 Å². The fourth-order valence-electron chi connectivity index (χ4n) is 2.35. The topological polar surface area (TPSA) is 93.3 Å². The summed E-state index contributed by atoms with van der Waals surface area (Å²) in [5.74, 6) is -2.31. The summed E-state index contributed by atoms with van der Waals surface area (Å²) in [4.78, 5) is 3.82. The van der Waals surface area contributed by atoms with Crippen LogP contribution in [0, 0.1) is 11.6 Å². The van der Waals surface area contributed by atoms with E-state index in [9.17, 15) is 22.3 Å². The molecule has 142 valence electrons. The summed E-state index contributed by atoms with van der Waals surface area (Å²) < 4.78 is 56.1. The number of hydrogen-bond acceptors (Lipinski definition) is 6. The van der Waals surface area contributed by atoms with Crippen molar-refractivity contribution >= 4 is 21.4 Å². The highest BCUT2D eigenvalue weighted by Crippen LogP contribution is 2.28. The van der Waals surface area contributed by atoms with Crippen LogP contribution in [0.1, 0.15) is 12.8 Å². The van der Waals surface area contributed by atoms with Gasteiger partial charge in [-0.2, -0.15) is 4.98 Å². The molecule has 1 unspecified atom stereocenters. The maximum absolute atomic E-state index is 13.3. The zero-order valence-electron chi connectivity index (χ0n) is 13.9. The van der Waals surface area contributed by atoms with Gasteiger partial charge in [0.05, 0.1) is 15.7 Å². The van der Waals surface area contributed by atoms with Crippen molar-refractivity contribution in [3.05, 3.63) is 65.0 Å². The first-order valence-electron chi connectivity index (χ1n) is 7.59. The molecule has 0 aliphatic rings. The molecule has 0 fully saturated rings. The van der Waals surface area contributed by atoms with E-state index in [-0.39, 0.29) is 21.6 Å². The fraction of sp³-hybridized carbons (Fsp3) is 0.176. The Kier molecular flexibility index (Phi) is 5.02. The lowest BCUT2D eigenvalue weighted by Crippen LogP contribution is -2.31. The van der Waals surface area contributed by atoms with E-state index in [2.05, 4.69) is 10.1 Å². The van der Waals surface area contributed by atoms with Crippen LogP contribution in [0.4, 0.5) is 8.78 Å². The van der Waals surface area contributed by atoms with E-state index in [0.717, 1.165) is 30.3 Å². The third-order valence-corrected chi connectivity index (χ3v) is 5.93. The number of sulfone groups is 1. The zero-order valence-corrected chi connectivity index (χ0v) is 15.4. The summed E-state index contributed by atoms with van der Waals surface area (Å²) >= 11 is 5.71. The molecule has 2 aromatic carbocycles. The van der Waals surface area contributed by atoms with Crippen molar-refractivity contribution in [2.24, 2.45) is 0 Å². The van der Waals surface area contributed by atoms with Gasteiger partial charge >= 0.3 is 0 Å². The largest absolute Gasteiger partial charge is 0.379 e. The summed E-state index contributed by atoms with van der Waals surface area (Å²) in [5, 5.41) is 14.1. The number of rotatable bonds is 5. The molecule has 0 aliphatic carbocycles. The fourth-order valence-corrected chi connectivity index (χ4v) is 4.11. The third kappa shape index (κ3) is 4.15. The lowest BCUT2D eigenvalue weighted by Gasteiger charge is -2.18. The monoisotopic (exact) mass is 414 g/mol. The zero-order chi connectivity index (χ0) is 19.8. The number of nitrogens with zero attached hydrogens (tertiary/aromatic N) is 2. The molecule has 1 atom stereocenters. The van der Waals surface area contributed by atoms with Crippen LogP contribution in [-0.4, -0.2) is 29.4 Å². The Morgan fingerprint density at radius 3 is 2.48 bits per heavy atom. The van der Waals surface area contributed by atoms with Crippen molar-refractivity contribution in [1.82, 2.24) is 10.1 Å². The first kappa shape index (κ1) is 19.4. The standard InChI is InChI=1S/C17H13ClF2N2O4S/c1-17(23,9-27(24,25)12-5-3-11(19)4-6-12)16-21-15(22-26-16)10-2-7-14(20)13(18)8-10/h2-8,23H,9H2,1H3. The molecule has 1 aromatic heterocycles. The van der Waals surface area contributed by atoms with E-state index in [4.69, 9.17) is 16.1 Å². The van der Waals surface area contributed by atoms with Gasteiger partial charge in [0.25, 0.3) is 5.89 Å². The van der Waals surface area contributed by atoms with Gasteiger partial charge in [0.15, 0.2) is 15.4 Å². The molecule has 0 aliphatic heterocycles. The molecule has 0 saturated heterocycles. The second kappa shape index (κ2) is 6.99. The number of halogens is 3. The van der Waals surface area contributed by atoms with Gasteiger partial charge in [0.2, 0.25) is 5.82 Å². The van der Waals surface area contributed by atoms with Gasteiger partial charge in [0.1, 0.15) is 11.6 Å². The van der Waals surface area contributed by atoms with E-state index in [1.54, 1.807) is 0 Å². The lowest BCUT2D eigenvalue weighted by atomic mass is 10.1. The van der Waals surface area contributed by atoms with E-state index in [1.807, 2.05) is 0 Å². The normalized spacial score (nSPS) is 14.1. The minimum Gasteiger partial charge on any atom is -0.379 e. The molecule has 3 rings (SSSR count). The van der Waals surface area contributed by atoms with Crippen molar-refractivity contribution < 1.29 is 26.8 Å². The van der Waals surface area contributed by atoms with E-state index in [0.29, 0.717) is 5.56 Å². The molecule has 0 amide bonds. The van der Waals surface area contributed by atoms with Crippen LogP contribution in [0.25, 0.3) is 11.4 Å². The number of aromatic nitrogens is 2. The summed E-state index contributed by atoms with van der Waals surface area (Å²) in [5.41, 5.74) is -1.68. The molecule has 27 heavy (non-hydrogen) atoms. The molecule has 10 heteroatoms. The molecule has 0 radical (unpaired) electrons. The Morgan fingerprint density at radius 2 is 1.85 bits per heavy atom. The van der Waals surface area contributed by atoms with Gasteiger partial charge in [-0.3, -0.25) is 0 Å². The van der Waals surface area contributed by atoms with Crippen LogP contribution in [0.3, 0.4) is 0 Å². The average Bonchev–Trinajstić information content (AvgIpc) is 3.08.